The summed E-state index contributed by atoms with van der Waals surface area (Å²) >= 11 is 0. The van der Waals surface area contributed by atoms with Crippen molar-refractivity contribution in [2.75, 3.05) is 26.3 Å². The molecular weight excluding hydrogens is 252 g/mol. The molecule has 1 aliphatic rings. The fraction of sp³-hybridized carbons (Fsp3) is 0.562. The van der Waals surface area contributed by atoms with Crippen LogP contribution in [-0.4, -0.2) is 32.3 Å². The highest BCUT2D eigenvalue weighted by atomic mass is 16.5. The van der Waals surface area contributed by atoms with Crippen LogP contribution in [0, 0.1) is 5.41 Å². The molecule has 2 rings (SSSR count). The van der Waals surface area contributed by atoms with Crippen molar-refractivity contribution in [3.63, 3.8) is 0 Å². The van der Waals surface area contributed by atoms with Crippen LogP contribution in [0.4, 0.5) is 4.79 Å². The standard InChI is InChI=1S/C16H24N2O2/c1-16(8-11-20-12-9-16)13-18-15(19)17-10-7-14-5-3-2-4-6-14/h2-6H,7-13H2,1H3,(H2,17,18,19). The molecule has 110 valence electrons. The monoisotopic (exact) mass is 276 g/mol. The molecule has 4 nitrogen and oxygen atoms in total. The van der Waals surface area contributed by atoms with Gasteiger partial charge in [-0.25, -0.2) is 4.79 Å². The van der Waals surface area contributed by atoms with Gasteiger partial charge in [0.15, 0.2) is 0 Å². The van der Waals surface area contributed by atoms with Gasteiger partial charge in [-0.15, -0.1) is 0 Å². The highest BCUT2D eigenvalue weighted by Crippen LogP contribution is 2.28. The molecule has 0 atom stereocenters. The van der Waals surface area contributed by atoms with E-state index in [2.05, 4.69) is 29.7 Å². The maximum Gasteiger partial charge on any atom is 0.314 e. The van der Waals surface area contributed by atoms with Crippen LogP contribution in [0.1, 0.15) is 25.3 Å². The molecule has 0 spiro atoms. The van der Waals surface area contributed by atoms with E-state index in [-0.39, 0.29) is 11.4 Å². The SMILES string of the molecule is CC1(CNC(=O)NCCc2ccccc2)CCOCC1. The summed E-state index contributed by atoms with van der Waals surface area (Å²) in [7, 11) is 0. The zero-order valence-electron chi connectivity index (χ0n) is 12.2. The van der Waals surface area contributed by atoms with E-state index in [1.807, 2.05) is 18.2 Å². The van der Waals surface area contributed by atoms with Crippen LogP contribution >= 0.6 is 0 Å². The smallest absolute Gasteiger partial charge is 0.314 e. The number of amides is 2. The molecule has 1 aliphatic heterocycles. The normalized spacial score (nSPS) is 17.4. The zero-order valence-corrected chi connectivity index (χ0v) is 12.2. The van der Waals surface area contributed by atoms with Crippen LogP contribution in [0.5, 0.6) is 0 Å². The molecule has 1 aromatic carbocycles. The summed E-state index contributed by atoms with van der Waals surface area (Å²) in [6, 6.07) is 10.1. The van der Waals surface area contributed by atoms with Gasteiger partial charge in [0.1, 0.15) is 0 Å². The maximum absolute atomic E-state index is 11.8. The van der Waals surface area contributed by atoms with Crippen molar-refractivity contribution < 1.29 is 9.53 Å². The number of hydrogen-bond acceptors (Lipinski definition) is 2. The Bertz CT molecular complexity index is 414. The average Bonchev–Trinajstić information content (AvgIpc) is 2.47. The number of benzene rings is 1. The lowest BCUT2D eigenvalue weighted by Crippen LogP contribution is -2.44. The van der Waals surface area contributed by atoms with E-state index >= 15 is 0 Å². The quantitative estimate of drug-likeness (QED) is 0.867. The molecule has 2 amide bonds. The van der Waals surface area contributed by atoms with E-state index < -0.39 is 0 Å². The third kappa shape index (κ3) is 4.85. The van der Waals surface area contributed by atoms with Crippen molar-refractivity contribution in [2.45, 2.75) is 26.2 Å². The van der Waals surface area contributed by atoms with Crippen molar-refractivity contribution in [2.24, 2.45) is 5.41 Å². The topological polar surface area (TPSA) is 50.4 Å². The highest BCUT2D eigenvalue weighted by Gasteiger charge is 2.27. The van der Waals surface area contributed by atoms with Crippen molar-refractivity contribution in [1.82, 2.24) is 10.6 Å². The Morgan fingerprint density at radius 1 is 1.20 bits per heavy atom. The molecule has 20 heavy (non-hydrogen) atoms. The first-order chi connectivity index (χ1) is 9.68. The summed E-state index contributed by atoms with van der Waals surface area (Å²) in [4.78, 5) is 11.8. The van der Waals surface area contributed by atoms with Gasteiger partial charge in [0.2, 0.25) is 0 Å². The number of carbonyl (C=O) groups is 1. The number of carbonyl (C=O) groups excluding carboxylic acids is 1. The van der Waals surface area contributed by atoms with Crippen molar-refractivity contribution in [1.29, 1.82) is 0 Å². The van der Waals surface area contributed by atoms with Crippen molar-refractivity contribution in [3.05, 3.63) is 35.9 Å². The average molecular weight is 276 g/mol. The van der Waals surface area contributed by atoms with Gasteiger partial charge >= 0.3 is 6.03 Å². The molecule has 0 bridgehead atoms. The second kappa shape index (κ2) is 7.29. The highest BCUT2D eigenvalue weighted by molar-refractivity contribution is 5.73. The second-order valence-corrected chi connectivity index (χ2v) is 5.77. The summed E-state index contributed by atoms with van der Waals surface area (Å²) in [6.07, 6.45) is 2.88. The molecule has 0 saturated carbocycles. The van der Waals surface area contributed by atoms with Crippen molar-refractivity contribution >= 4 is 6.03 Å². The van der Waals surface area contributed by atoms with E-state index in [0.29, 0.717) is 13.1 Å². The molecule has 1 heterocycles. The third-order valence-electron chi connectivity index (χ3n) is 3.92. The first-order valence-corrected chi connectivity index (χ1v) is 7.31. The Balaban J connectivity index is 1.63. The van der Waals surface area contributed by atoms with Crippen LogP contribution < -0.4 is 10.6 Å². The van der Waals surface area contributed by atoms with E-state index in [1.54, 1.807) is 0 Å². The molecule has 4 heteroatoms. The van der Waals surface area contributed by atoms with Gasteiger partial charge in [-0.3, -0.25) is 0 Å². The minimum Gasteiger partial charge on any atom is -0.381 e. The van der Waals surface area contributed by atoms with E-state index in [4.69, 9.17) is 4.74 Å². The summed E-state index contributed by atoms with van der Waals surface area (Å²) in [5.41, 5.74) is 1.42. The van der Waals surface area contributed by atoms with Gasteiger partial charge < -0.3 is 15.4 Å². The Hall–Kier alpha value is -1.55. The lowest BCUT2D eigenvalue weighted by atomic mass is 9.82. The van der Waals surface area contributed by atoms with Gasteiger partial charge in [0.05, 0.1) is 0 Å². The molecule has 2 N–H and O–H groups in total. The number of nitrogens with one attached hydrogen (secondary N) is 2. The molecule has 0 unspecified atom stereocenters. The number of rotatable bonds is 5. The molecule has 0 aliphatic carbocycles. The predicted molar refractivity (Wildman–Crippen MR) is 79.7 cm³/mol. The molecule has 1 fully saturated rings. The summed E-state index contributed by atoms with van der Waals surface area (Å²) in [6.45, 7) is 5.19. The summed E-state index contributed by atoms with van der Waals surface area (Å²) in [5.74, 6) is 0. The van der Waals surface area contributed by atoms with Crippen LogP contribution in [-0.2, 0) is 11.2 Å². The van der Waals surface area contributed by atoms with E-state index in [9.17, 15) is 4.79 Å². The van der Waals surface area contributed by atoms with Gasteiger partial charge in [0.25, 0.3) is 0 Å². The largest absolute Gasteiger partial charge is 0.381 e. The summed E-state index contributed by atoms with van der Waals surface area (Å²) in [5, 5.41) is 5.88. The fourth-order valence-electron chi connectivity index (χ4n) is 2.36. The van der Waals surface area contributed by atoms with Gasteiger partial charge in [0, 0.05) is 26.3 Å². The number of urea groups is 1. The first-order valence-electron chi connectivity index (χ1n) is 7.31. The lowest BCUT2D eigenvalue weighted by Gasteiger charge is -2.33. The van der Waals surface area contributed by atoms with Gasteiger partial charge in [-0.1, -0.05) is 37.3 Å². The molecule has 0 radical (unpaired) electrons. The lowest BCUT2D eigenvalue weighted by molar-refractivity contribution is 0.0252. The Morgan fingerprint density at radius 3 is 2.60 bits per heavy atom. The van der Waals surface area contributed by atoms with Crippen LogP contribution in [0.3, 0.4) is 0 Å². The fourth-order valence-corrected chi connectivity index (χ4v) is 2.36. The maximum atomic E-state index is 11.8. The minimum absolute atomic E-state index is 0.0753. The molecule has 1 saturated heterocycles. The van der Waals surface area contributed by atoms with Crippen LogP contribution in [0.15, 0.2) is 30.3 Å². The summed E-state index contributed by atoms with van der Waals surface area (Å²) < 4.78 is 5.36. The Kier molecular flexibility index (Phi) is 5.41. The number of ether oxygens (including phenoxy) is 1. The van der Waals surface area contributed by atoms with Gasteiger partial charge in [-0.05, 0) is 30.2 Å². The predicted octanol–water partition coefficient (Wildman–Crippen LogP) is 2.34. The Labute approximate surface area is 120 Å². The molecule has 0 aromatic heterocycles. The van der Waals surface area contributed by atoms with E-state index in [0.717, 1.165) is 32.5 Å². The zero-order chi connectivity index (χ0) is 14.3. The van der Waals surface area contributed by atoms with E-state index in [1.165, 1.54) is 5.56 Å². The minimum atomic E-state index is -0.0753. The van der Waals surface area contributed by atoms with Gasteiger partial charge in [-0.2, -0.15) is 0 Å². The van der Waals surface area contributed by atoms with Crippen molar-refractivity contribution in [3.8, 4) is 0 Å². The van der Waals surface area contributed by atoms with Crippen LogP contribution in [0.2, 0.25) is 0 Å². The first kappa shape index (κ1) is 14.9. The second-order valence-electron chi connectivity index (χ2n) is 5.77. The number of hydrogen-bond donors (Lipinski definition) is 2. The molecular formula is C16H24N2O2. The third-order valence-corrected chi connectivity index (χ3v) is 3.92. The Morgan fingerprint density at radius 2 is 1.90 bits per heavy atom. The molecule has 1 aromatic rings. The van der Waals surface area contributed by atoms with Crippen LogP contribution in [0.25, 0.3) is 0 Å².